The van der Waals surface area contributed by atoms with Crippen LogP contribution in [0.5, 0.6) is 11.5 Å². The fraction of sp³-hybridized carbons (Fsp3) is 0.400. The molecule has 3 rings (SSSR count). The van der Waals surface area contributed by atoms with Gasteiger partial charge in [-0.05, 0) is 47.4 Å². The predicted octanol–water partition coefficient (Wildman–Crippen LogP) is 1.62. The molecule has 0 amide bonds. The topological polar surface area (TPSA) is 110 Å². The highest BCUT2D eigenvalue weighted by molar-refractivity contribution is 5.41. The Morgan fingerprint density at radius 2 is 1.58 bits per heavy atom. The summed E-state index contributed by atoms with van der Waals surface area (Å²) in [4.78, 5) is 0. The number of ether oxygens (including phenoxy) is 1. The highest BCUT2D eigenvalue weighted by Crippen LogP contribution is 2.35. The summed E-state index contributed by atoms with van der Waals surface area (Å²) in [6, 6.07) is 11.6. The summed E-state index contributed by atoms with van der Waals surface area (Å²) in [5.41, 5.74) is 2.16. The van der Waals surface area contributed by atoms with Gasteiger partial charge in [0.15, 0.2) is 0 Å². The van der Waals surface area contributed by atoms with Crippen LogP contribution >= 0.6 is 0 Å². The van der Waals surface area contributed by atoms with Crippen molar-refractivity contribution in [1.29, 1.82) is 0 Å². The van der Waals surface area contributed by atoms with E-state index in [0.29, 0.717) is 24.0 Å². The van der Waals surface area contributed by atoms with E-state index in [2.05, 4.69) is 0 Å². The maximum absolute atomic E-state index is 10.3. The lowest BCUT2D eigenvalue weighted by molar-refractivity contribution is -0.225. The molecular weight excluding hydrogens is 336 g/mol. The van der Waals surface area contributed by atoms with Gasteiger partial charge in [0.25, 0.3) is 0 Å². The molecule has 1 heterocycles. The molecule has 26 heavy (non-hydrogen) atoms. The Labute approximate surface area is 151 Å². The second-order valence-electron chi connectivity index (χ2n) is 6.71. The molecule has 5 N–H and O–H groups in total. The Bertz CT molecular complexity index is 742. The standard InChI is InChI=1S/C20H24O6/c1-2-16-17(23)18(24)19(25)20(26-16)12-5-8-15(22)13(10-12)9-11-3-6-14(21)7-4-11/h3-8,10,16-25H,2,9H2,1H3/t16-,17-,18+,19-,20?/m1/s1. The molecule has 5 atom stereocenters. The number of rotatable bonds is 4. The number of phenols is 2. The van der Waals surface area contributed by atoms with Gasteiger partial charge in [-0.2, -0.15) is 0 Å². The maximum atomic E-state index is 10.3. The van der Waals surface area contributed by atoms with Gasteiger partial charge in [0.1, 0.15) is 35.9 Å². The molecule has 0 bridgehead atoms. The van der Waals surface area contributed by atoms with Gasteiger partial charge < -0.3 is 30.3 Å². The molecule has 0 spiro atoms. The SMILES string of the molecule is CC[C@H]1OC(c2ccc(O)c(Cc3ccc(O)cc3)c2)[C@H](O)[C@@H](O)[C@@H]1O. The first-order chi connectivity index (χ1) is 12.4. The second-order valence-corrected chi connectivity index (χ2v) is 6.71. The second kappa shape index (κ2) is 7.63. The zero-order valence-electron chi connectivity index (χ0n) is 14.5. The van der Waals surface area contributed by atoms with E-state index >= 15 is 0 Å². The number of aliphatic hydroxyl groups excluding tert-OH is 3. The number of phenolic OH excluding ortho intramolecular Hbond substituents is 2. The van der Waals surface area contributed by atoms with Crippen LogP contribution in [0.4, 0.5) is 0 Å². The lowest BCUT2D eigenvalue weighted by Crippen LogP contribution is -2.53. The molecule has 140 valence electrons. The van der Waals surface area contributed by atoms with Crippen molar-refractivity contribution in [1.82, 2.24) is 0 Å². The van der Waals surface area contributed by atoms with E-state index in [9.17, 15) is 25.5 Å². The Morgan fingerprint density at radius 3 is 2.23 bits per heavy atom. The molecule has 1 aliphatic rings. The summed E-state index contributed by atoms with van der Waals surface area (Å²) in [6.07, 6.45) is -4.14. The lowest BCUT2D eigenvalue weighted by atomic mass is 9.89. The summed E-state index contributed by atoms with van der Waals surface area (Å²) in [5, 5.41) is 50.0. The van der Waals surface area contributed by atoms with Gasteiger partial charge in [0.05, 0.1) is 6.10 Å². The highest BCUT2D eigenvalue weighted by atomic mass is 16.5. The van der Waals surface area contributed by atoms with E-state index < -0.39 is 30.5 Å². The van der Waals surface area contributed by atoms with Crippen LogP contribution in [-0.4, -0.2) is 49.9 Å². The summed E-state index contributed by atoms with van der Waals surface area (Å²) in [7, 11) is 0. The third-order valence-electron chi connectivity index (χ3n) is 4.88. The van der Waals surface area contributed by atoms with Crippen LogP contribution in [0.25, 0.3) is 0 Å². The lowest BCUT2D eigenvalue weighted by Gasteiger charge is -2.40. The first kappa shape index (κ1) is 18.7. The average molecular weight is 360 g/mol. The van der Waals surface area contributed by atoms with Crippen molar-refractivity contribution < 1.29 is 30.3 Å². The molecule has 0 aromatic heterocycles. The average Bonchev–Trinajstić information content (AvgIpc) is 2.64. The molecule has 1 saturated heterocycles. The van der Waals surface area contributed by atoms with E-state index in [1.807, 2.05) is 6.92 Å². The van der Waals surface area contributed by atoms with E-state index in [4.69, 9.17) is 4.74 Å². The molecule has 2 aromatic carbocycles. The molecule has 2 aromatic rings. The summed E-state index contributed by atoms with van der Waals surface area (Å²) < 4.78 is 5.80. The molecule has 1 aliphatic heterocycles. The van der Waals surface area contributed by atoms with Gasteiger partial charge in [-0.1, -0.05) is 25.1 Å². The van der Waals surface area contributed by atoms with Gasteiger partial charge in [0.2, 0.25) is 0 Å². The van der Waals surface area contributed by atoms with Crippen LogP contribution in [0.15, 0.2) is 42.5 Å². The van der Waals surface area contributed by atoms with E-state index in [1.165, 1.54) is 6.07 Å². The third-order valence-corrected chi connectivity index (χ3v) is 4.88. The zero-order valence-corrected chi connectivity index (χ0v) is 14.5. The van der Waals surface area contributed by atoms with Gasteiger partial charge in [-0.15, -0.1) is 0 Å². The quantitative estimate of drug-likeness (QED) is 0.567. The Hall–Kier alpha value is -2.12. The van der Waals surface area contributed by atoms with Crippen molar-refractivity contribution in [2.24, 2.45) is 0 Å². The third kappa shape index (κ3) is 3.68. The van der Waals surface area contributed by atoms with Crippen LogP contribution in [0.2, 0.25) is 0 Å². The Kier molecular flexibility index (Phi) is 5.48. The minimum absolute atomic E-state index is 0.111. The minimum atomic E-state index is -1.30. The maximum Gasteiger partial charge on any atom is 0.119 e. The fourth-order valence-corrected chi connectivity index (χ4v) is 3.32. The van der Waals surface area contributed by atoms with Gasteiger partial charge in [-0.3, -0.25) is 0 Å². The van der Waals surface area contributed by atoms with Crippen molar-refractivity contribution in [3.63, 3.8) is 0 Å². The molecule has 0 aliphatic carbocycles. The minimum Gasteiger partial charge on any atom is -0.508 e. The van der Waals surface area contributed by atoms with Crippen LogP contribution in [-0.2, 0) is 11.2 Å². The van der Waals surface area contributed by atoms with Crippen molar-refractivity contribution in [3.8, 4) is 11.5 Å². The van der Waals surface area contributed by atoms with Crippen molar-refractivity contribution in [3.05, 3.63) is 59.2 Å². The number of aromatic hydroxyl groups is 2. The van der Waals surface area contributed by atoms with Crippen molar-refractivity contribution in [2.45, 2.75) is 50.3 Å². The van der Waals surface area contributed by atoms with E-state index in [1.54, 1.807) is 36.4 Å². The molecule has 1 unspecified atom stereocenters. The smallest absolute Gasteiger partial charge is 0.119 e. The summed E-state index contributed by atoms with van der Waals surface area (Å²) >= 11 is 0. The molecular formula is C20H24O6. The van der Waals surface area contributed by atoms with Gasteiger partial charge in [0, 0.05) is 6.42 Å². The van der Waals surface area contributed by atoms with Crippen molar-refractivity contribution in [2.75, 3.05) is 0 Å². The van der Waals surface area contributed by atoms with E-state index in [0.717, 1.165) is 5.56 Å². The number of hydrogen-bond donors (Lipinski definition) is 5. The Balaban J connectivity index is 1.87. The Morgan fingerprint density at radius 1 is 0.885 bits per heavy atom. The van der Waals surface area contributed by atoms with Crippen LogP contribution in [0.3, 0.4) is 0 Å². The summed E-state index contributed by atoms with van der Waals surface area (Å²) in [5.74, 6) is 0.281. The fourth-order valence-electron chi connectivity index (χ4n) is 3.32. The van der Waals surface area contributed by atoms with E-state index in [-0.39, 0.29) is 11.5 Å². The summed E-state index contributed by atoms with van der Waals surface area (Å²) in [6.45, 7) is 1.84. The first-order valence-corrected chi connectivity index (χ1v) is 8.70. The molecule has 6 nitrogen and oxygen atoms in total. The number of benzene rings is 2. The molecule has 1 fully saturated rings. The molecule has 6 heteroatoms. The van der Waals surface area contributed by atoms with Gasteiger partial charge in [-0.25, -0.2) is 0 Å². The number of hydrogen-bond acceptors (Lipinski definition) is 6. The van der Waals surface area contributed by atoms with Crippen molar-refractivity contribution >= 4 is 0 Å². The predicted molar refractivity (Wildman–Crippen MR) is 94.9 cm³/mol. The number of aliphatic hydroxyl groups is 3. The molecule has 0 radical (unpaired) electrons. The van der Waals surface area contributed by atoms with Crippen LogP contribution in [0.1, 0.15) is 36.1 Å². The normalized spacial score (nSPS) is 28.8. The highest BCUT2D eigenvalue weighted by Gasteiger charge is 2.43. The zero-order chi connectivity index (χ0) is 18.8. The van der Waals surface area contributed by atoms with Gasteiger partial charge >= 0.3 is 0 Å². The molecule has 0 saturated carbocycles. The van der Waals surface area contributed by atoms with Crippen LogP contribution in [0, 0.1) is 0 Å². The largest absolute Gasteiger partial charge is 0.508 e. The first-order valence-electron chi connectivity index (χ1n) is 8.70. The van der Waals surface area contributed by atoms with Crippen LogP contribution < -0.4 is 0 Å². The monoisotopic (exact) mass is 360 g/mol.